The smallest absolute Gasteiger partial charge is 0.137 e. The number of hydrogen-bond donors (Lipinski definition) is 1. The summed E-state index contributed by atoms with van der Waals surface area (Å²) in [7, 11) is 0. The Labute approximate surface area is 102 Å². The van der Waals surface area contributed by atoms with E-state index in [1.54, 1.807) is 0 Å². The van der Waals surface area contributed by atoms with E-state index >= 15 is 0 Å². The third-order valence-electron chi connectivity index (χ3n) is 3.76. The van der Waals surface area contributed by atoms with Crippen LogP contribution in [0.5, 0.6) is 0 Å². The maximum Gasteiger partial charge on any atom is 0.137 e. The normalized spacial score (nSPS) is 20.2. The van der Waals surface area contributed by atoms with E-state index in [1.807, 2.05) is 0 Å². The Morgan fingerprint density at radius 3 is 3.12 bits per heavy atom. The Morgan fingerprint density at radius 1 is 1.47 bits per heavy atom. The van der Waals surface area contributed by atoms with Gasteiger partial charge in [-0.2, -0.15) is 0 Å². The third-order valence-corrected chi connectivity index (χ3v) is 3.76. The SMILES string of the molecule is Cc1ccn2c(C)c(CC3CCNC3)nc2c1. The molecule has 1 fully saturated rings. The second kappa shape index (κ2) is 4.15. The second-order valence-corrected chi connectivity index (χ2v) is 5.14. The molecule has 3 heterocycles. The number of nitrogens with zero attached hydrogens (tertiary/aromatic N) is 2. The summed E-state index contributed by atoms with van der Waals surface area (Å²) in [5, 5.41) is 3.42. The maximum atomic E-state index is 4.77. The van der Waals surface area contributed by atoms with E-state index in [9.17, 15) is 0 Å². The van der Waals surface area contributed by atoms with E-state index < -0.39 is 0 Å². The zero-order chi connectivity index (χ0) is 11.8. The molecule has 1 saturated heterocycles. The minimum absolute atomic E-state index is 0.764. The van der Waals surface area contributed by atoms with Gasteiger partial charge in [0.25, 0.3) is 0 Å². The van der Waals surface area contributed by atoms with Crippen LogP contribution < -0.4 is 5.32 Å². The van der Waals surface area contributed by atoms with Crippen LogP contribution >= 0.6 is 0 Å². The molecule has 1 aliphatic heterocycles. The zero-order valence-electron chi connectivity index (χ0n) is 10.5. The summed E-state index contributed by atoms with van der Waals surface area (Å²) >= 11 is 0. The predicted molar refractivity (Wildman–Crippen MR) is 69.3 cm³/mol. The quantitative estimate of drug-likeness (QED) is 0.854. The van der Waals surface area contributed by atoms with Gasteiger partial charge in [0.05, 0.1) is 5.69 Å². The van der Waals surface area contributed by atoms with Gasteiger partial charge in [-0.05, 0) is 63.4 Å². The highest BCUT2D eigenvalue weighted by Crippen LogP contribution is 2.19. The lowest BCUT2D eigenvalue weighted by Crippen LogP contribution is -2.11. The van der Waals surface area contributed by atoms with Gasteiger partial charge in [-0.3, -0.25) is 0 Å². The van der Waals surface area contributed by atoms with Gasteiger partial charge in [0, 0.05) is 11.9 Å². The number of nitrogens with one attached hydrogen (secondary N) is 1. The first-order chi connectivity index (χ1) is 8.24. The van der Waals surface area contributed by atoms with Crippen molar-refractivity contribution in [3.8, 4) is 0 Å². The van der Waals surface area contributed by atoms with Gasteiger partial charge in [-0.1, -0.05) is 0 Å². The fourth-order valence-electron chi connectivity index (χ4n) is 2.67. The van der Waals surface area contributed by atoms with Crippen molar-refractivity contribution in [2.75, 3.05) is 13.1 Å². The van der Waals surface area contributed by atoms with Crippen LogP contribution in [-0.4, -0.2) is 22.5 Å². The first-order valence-electron chi connectivity index (χ1n) is 6.39. The van der Waals surface area contributed by atoms with Crippen molar-refractivity contribution in [1.29, 1.82) is 0 Å². The summed E-state index contributed by atoms with van der Waals surface area (Å²) in [4.78, 5) is 4.77. The first-order valence-corrected chi connectivity index (χ1v) is 6.39. The zero-order valence-corrected chi connectivity index (χ0v) is 10.5. The molecule has 1 atom stereocenters. The lowest BCUT2D eigenvalue weighted by Gasteiger charge is -2.05. The van der Waals surface area contributed by atoms with E-state index in [4.69, 9.17) is 4.98 Å². The van der Waals surface area contributed by atoms with Crippen molar-refractivity contribution in [2.45, 2.75) is 26.7 Å². The topological polar surface area (TPSA) is 29.3 Å². The number of hydrogen-bond acceptors (Lipinski definition) is 2. The first kappa shape index (κ1) is 10.8. The van der Waals surface area contributed by atoms with Gasteiger partial charge in [-0.25, -0.2) is 4.98 Å². The molecule has 2 aromatic rings. The highest BCUT2D eigenvalue weighted by atomic mass is 15.0. The molecule has 3 heteroatoms. The lowest BCUT2D eigenvalue weighted by molar-refractivity contribution is 0.571. The number of imidazole rings is 1. The van der Waals surface area contributed by atoms with Crippen LogP contribution in [0.15, 0.2) is 18.3 Å². The molecule has 3 rings (SSSR count). The molecule has 0 bridgehead atoms. The van der Waals surface area contributed by atoms with Gasteiger partial charge in [0.2, 0.25) is 0 Å². The second-order valence-electron chi connectivity index (χ2n) is 5.14. The fourth-order valence-corrected chi connectivity index (χ4v) is 2.67. The molecular formula is C14H19N3. The predicted octanol–water partition coefficient (Wildman–Crippen LogP) is 2.10. The van der Waals surface area contributed by atoms with Crippen LogP contribution in [0, 0.1) is 19.8 Å². The summed E-state index contributed by atoms with van der Waals surface area (Å²) in [6.45, 7) is 6.60. The minimum Gasteiger partial charge on any atom is -0.316 e. The highest BCUT2D eigenvalue weighted by molar-refractivity contribution is 5.45. The number of aryl methyl sites for hydroxylation is 2. The Bertz CT molecular complexity index is 536. The minimum atomic E-state index is 0.764. The molecule has 90 valence electrons. The Morgan fingerprint density at radius 2 is 2.35 bits per heavy atom. The number of pyridine rings is 1. The van der Waals surface area contributed by atoms with Crippen molar-refractivity contribution >= 4 is 5.65 Å². The van der Waals surface area contributed by atoms with Crippen molar-refractivity contribution in [2.24, 2.45) is 5.92 Å². The van der Waals surface area contributed by atoms with Gasteiger partial charge in [-0.15, -0.1) is 0 Å². The molecule has 2 aromatic heterocycles. The van der Waals surface area contributed by atoms with Gasteiger partial charge in [0.15, 0.2) is 0 Å². The number of aromatic nitrogens is 2. The molecular weight excluding hydrogens is 210 g/mol. The van der Waals surface area contributed by atoms with Crippen LogP contribution in [0.25, 0.3) is 5.65 Å². The van der Waals surface area contributed by atoms with Crippen LogP contribution in [0.2, 0.25) is 0 Å². The van der Waals surface area contributed by atoms with E-state index in [0.29, 0.717) is 0 Å². The summed E-state index contributed by atoms with van der Waals surface area (Å²) in [6.07, 6.45) is 4.52. The Kier molecular flexibility index (Phi) is 2.63. The van der Waals surface area contributed by atoms with Crippen molar-refractivity contribution < 1.29 is 0 Å². The van der Waals surface area contributed by atoms with E-state index in [2.05, 4.69) is 41.9 Å². The molecule has 0 amide bonds. The standard InChI is InChI=1S/C14H19N3/c1-10-4-6-17-11(2)13(16-14(17)7-10)8-12-3-5-15-9-12/h4,6-7,12,15H,3,5,8-9H2,1-2H3. The summed E-state index contributed by atoms with van der Waals surface area (Å²) in [5.74, 6) is 0.764. The lowest BCUT2D eigenvalue weighted by atomic mass is 10.0. The van der Waals surface area contributed by atoms with Crippen LogP contribution in [-0.2, 0) is 6.42 Å². The molecule has 0 aliphatic carbocycles. The van der Waals surface area contributed by atoms with E-state index in [1.165, 1.54) is 23.4 Å². The highest BCUT2D eigenvalue weighted by Gasteiger charge is 2.18. The molecule has 0 aromatic carbocycles. The Hall–Kier alpha value is -1.35. The van der Waals surface area contributed by atoms with Crippen LogP contribution in [0.3, 0.4) is 0 Å². The van der Waals surface area contributed by atoms with Crippen molar-refractivity contribution in [3.63, 3.8) is 0 Å². The van der Waals surface area contributed by atoms with Gasteiger partial charge < -0.3 is 9.72 Å². The number of rotatable bonds is 2. The monoisotopic (exact) mass is 229 g/mol. The average Bonchev–Trinajstić information content (AvgIpc) is 2.89. The van der Waals surface area contributed by atoms with Crippen LogP contribution in [0.4, 0.5) is 0 Å². The Balaban J connectivity index is 1.96. The molecule has 1 aliphatic rings. The molecule has 1 unspecified atom stereocenters. The van der Waals surface area contributed by atoms with Crippen LogP contribution in [0.1, 0.15) is 23.4 Å². The van der Waals surface area contributed by atoms with Gasteiger partial charge in [0.1, 0.15) is 5.65 Å². The van der Waals surface area contributed by atoms with Crippen molar-refractivity contribution in [1.82, 2.24) is 14.7 Å². The molecule has 3 nitrogen and oxygen atoms in total. The molecule has 0 spiro atoms. The van der Waals surface area contributed by atoms with E-state index in [0.717, 1.165) is 31.1 Å². The summed E-state index contributed by atoms with van der Waals surface area (Å²) in [6, 6.07) is 4.30. The molecule has 17 heavy (non-hydrogen) atoms. The molecule has 0 saturated carbocycles. The summed E-state index contributed by atoms with van der Waals surface area (Å²) in [5.41, 5.74) is 4.93. The number of fused-ring (bicyclic) bond motifs is 1. The van der Waals surface area contributed by atoms with Gasteiger partial charge >= 0.3 is 0 Å². The third kappa shape index (κ3) is 1.95. The largest absolute Gasteiger partial charge is 0.316 e. The molecule has 1 N–H and O–H groups in total. The van der Waals surface area contributed by atoms with Crippen molar-refractivity contribution in [3.05, 3.63) is 35.3 Å². The maximum absolute atomic E-state index is 4.77. The average molecular weight is 229 g/mol. The summed E-state index contributed by atoms with van der Waals surface area (Å²) < 4.78 is 2.20. The molecule has 0 radical (unpaired) electrons. The van der Waals surface area contributed by atoms with E-state index in [-0.39, 0.29) is 0 Å². The fraction of sp³-hybridized carbons (Fsp3) is 0.500.